The second-order valence-electron chi connectivity index (χ2n) is 6.69. The Hall–Kier alpha value is -1.11. The maximum absolute atomic E-state index is 12.3. The number of rotatable bonds is 5. The smallest absolute Gasteiger partial charge is 0.225 e. The van der Waals surface area contributed by atoms with Crippen LogP contribution in [0.4, 0.5) is 0 Å². The number of amides is 2. The third-order valence-corrected chi connectivity index (χ3v) is 6.91. The van der Waals surface area contributed by atoms with Crippen LogP contribution in [0.25, 0.3) is 0 Å². The van der Waals surface area contributed by atoms with Crippen LogP contribution in [0.5, 0.6) is 0 Å². The molecule has 0 radical (unpaired) electrons. The van der Waals surface area contributed by atoms with Crippen LogP contribution in [0.3, 0.4) is 0 Å². The molecule has 0 saturated carbocycles. The van der Waals surface area contributed by atoms with Crippen LogP contribution in [0.1, 0.15) is 39.5 Å². The van der Waals surface area contributed by atoms with E-state index in [0.717, 1.165) is 12.8 Å². The molecule has 2 aliphatic heterocycles. The van der Waals surface area contributed by atoms with Crippen molar-refractivity contribution in [3.8, 4) is 0 Å². The van der Waals surface area contributed by atoms with E-state index in [-0.39, 0.29) is 35.2 Å². The fraction of sp³-hybridized carbons (Fsp3) is 0.875. The largest absolute Gasteiger partial charge is 0.339 e. The van der Waals surface area contributed by atoms with E-state index >= 15 is 0 Å². The van der Waals surface area contributed by atoms with Gasteiger partial charge in [-0.25, -0.2) is 8.42 Å². The number of hydrogen-bond donors (Lipinski definition) is 0. The van der Waals surface area contributed by atoms with E-state index in [1.165, 1.54) is 0 Å². The van der Waals surface area contributed by atoms with Gasteiger partial charge in [-0.3, -0.25) is 9.59 Å². The number of piperazine rings is 1. The van der Waals surface area contributed by atoms with Crippen molar-refractivity contribution < 1.29 is 18.0 Å². The zero-order valence-corrected chi connectivity index (χ0v) is 15.0. The van der Waals surface area contributed by atoms with Gasteiger partial charge in [0.05, 0.1) is 11.5 Å². The van der Waals surface area contributed by atoms with Crippen LogP contribution in [0, 0.1) is 11.8 Å². The Morgan fingerprint density at radius 3 is 2.09 bits per heavy atom. The zero-order valence-electron chi connectivity index (χ0n) is 14.2. The normalized spacial score (nSPS) is 24.2. The summed E-state index contributed by atoms with van der Waals surface area (Å²) >= 11 is 0. The van der Waals surface area contributed by atoms with Crippen molar-refractivity contribution in [1.29, 1.82) is 0 Å². The van der Waals surface area contributed by atoms with Crippen LogP contribution in [-0.4, -0.2) is 67.7 Å². The summed E-state index contributed by atoms with van der Waals surface area (Å²) in [7, 11) is -2.93. The van der Waals surface area contributed by atoms with Crippen molar-refractivity contribution in [2.45, 2.75) is 39.5 Å². The van der Waals surface area contributed by atoms with Crippen LogP contribution in [0.15, 0.2) is 0 Å². The standard InChI is InChI=1S/C16H28N2O4S/c1-3-14(4-2)16(20)18-8-6-17(7-9-18)15(19)11-13-5-10-23(21,22)12-13/h13-14H,3-12H2,1-2H3. The average molecular weight is 344 g/mol. The van der Waals surface area contributed by atoms with Gasteiger partial charge in [0.25, 0.3) is 0 Å². The minimum Gasteiger partial charge on any atom is -0.339 e. The molecule has 1 unspecified atom stereocenters. The van der Waals surface area contributed by atoms with Gasteiger partial charge in [-0.15, -0.1) is 0 Å². The van der Waals surface area contributed by atoms with E-state index in [1.54, 1.807) is 4.90 Å². The number of carbonyl (C=O) groups excluding carboxylic acids is 2. The quantitative estimate of drug-likeness (QED) is 0.743. The number of hydrogen-bond acceptors (Lipinski definition) is 4. The van der Waals surface area contributed by atoms with Crippen molar-refractivity contribution in [3.63, 3.8) is 0 Å². The predicted octanol–water partition coefficient (Wildman–Crippen LogP) is 0.918. The maximum atomic E-state index is 12.3. The first-order valence-corrected chi connectivity index (χ1v) is 10.5. The first-order valence-electron chi connectivity index (χ1n) is 8.63. The van der Waals surface area contributed by atoms with Crippen molar-refractivity contribution in [2.24, 2.45) is 11.8 Å². The summed E-state index contributed by atoms with van der Waals surface area (Å²) in [4.78, 5) is 28.3. The van der Waals surface area contributed by atoms with Gasteiger partial charge in [-0.2, -0.15) is 0 Å². The second kappa shape index (κ2) is 7.64. The molecule has 1 atom stereocenters. The number of carbonyl (C=O) groups is 2. The summed E-state index contributed by atoms with van der Waals surface area (Å²) in [5, 5.41) is 0. The molecule has 2 heterocycles. The monoisotopic (exact) mass is 344 g/mol. The number of sulfone groups is 1. The fourth-order valence-corrected chi connectivity index (χ4v) is 5.34. The first-order chi connectivity index (χ1) is 10.9. The summed E-state index contributed by atoms with van der Waals surface area (Å²) in [6.45, 7) is 6.35. The Morgan fingerprint density at radius 1 is 1.04 bits per heavy atom. The average Bonchev–Trinajstić information content (AvgIpc) is 2.87. The second-order valence-corrected chi connectivity index (χ2v) is 8.92. The molecule has 2 saturated heterocycles. The van der Waals surface area contributed by atoms with Crippen LogP contribution >= 0.6 is 0 Å². The van der Waals surface area contributed by atoms with Gasteiger partial charge in [-0.05, 0) is 25.2 Å². The molecular weight excluding hydrogens is 316 g/mol. The van der Waals surface area contributed by atoms with E-state index < -0.39 is 9.84 Å². The van der Waals surface area contributed by atoms with Crippen LogP contribution in [-0.2, 0) is 19.4 Å². The molecule has 0 bridgehead atoms. The van der Waals surface area contributed by atoms with Crippen molar-refractivity contribution in [2.75, 3.05) is 37.7 Å². The lowest BCUT2D eigenvalue weighted by Crippen LogP contribution is -2.52. The highest BCUT2D eigenvalue weighted by Crippen LogP contribution is 2.23. The summed E-state index contributed by atoms with van der Waals surface area (Å²) < 4.78 is 22.9. The number of nitrogens with zero attached hydrogens (tertiary/aromatic N) is 2. The van der Waals surface area contributed by atoms with Crippen molar-refractivity contribution in [1.82, 2.24) is 9.80 Å². The third-order valence-electron chi connectivity index (χ3n) is 5.07. The Labute approximate surface area is 139 Å². The Morgan fingerprint density at radius 2 is 1.61 bits per heavy atom. The molecule has 2 amide bonds. The van der Waals surface area contributed by atoms with E-state index in [4.69, 9.17) is 0 Å². The topological polar surface area (TPSA) is 74.8 Å². The Balaban J connectivity index is 1.80. The highest BCUT2D eigenvalue weighted by atomic mass is 32.2. The van der Waals surface area contributed by atoms with E-state index in [1.807, 2.05) is 18.7 Å². The molecule has 2 fully saturated rings. The van der Waals surface area contributed by atoms with E-state index in [9.17, 15) is 18.0 Å². The third kappa shape index (κ3) is 4.68. The minimum absolute atomic E-state index is 0.0294. The van der Waals surface area contributed by atoms with E-state index in [0.29, 0.717) is 39.0 Å². The van der Waals surface area contributed by atoms with Gasteiger partial charge in [0.2, 0.25) is 11.8 Å². The van der Waals surface area contributed by atoms with Gasteiger partial charge in [0.1, 0.15) is 0 Å². The molecule has 0 N–H and O–H groups in total. The molecule has 6 nitrogen and oxygen atoms in total. The van der Waals surface area contributed by atoms with Crippen LogP contribution in [0.2, 0.25) is 0 Å². The Bertz CT molecular complexity index is 534. The predicted molar refractivity (Wildman–Crippen MR) is 88.6 cm³/mol. The highest BCUT2D eigenvalue weighted by molar-refractivity contribution is 7.91. The highest BCUT2D eigenvalue weighted by Gasteiger charge is 2.32. The molecule has 2 rings (SSSR count). The molecule has 132 valence electrons. The van der Waals surface area contributed by atoms with Crippen molar-refractivity contribution >= 4 is 21.7 Å². The molecule has 0 aromatic heterocycles. The maximum Gasteiger partial charge on any atom is 0.225 e. The molecule has 7 heteroatoms. The van der Waals surface area contributed by atoms with E-state index in [2.05, 4.69) is 0 Å². The SMILES string of the molecule is CCC(CC)C(=O)N1CCN(C(=O)CC2CCS(=O)(=O)C2)CC1. The Kier molecular flexibility index (Phi) is 6.06. The van der Waals surface area contributed by atoms with Gasteiger partial charge < -0.3 is 9.80 Å². The minimum atomic E-state index is -2.93. The van der Waals surface area contributed by atoms with Gasteiger partial charge in [0.15, 0.2) is 9.84 Å². The lowest BCUT2D eigenvalue weighted by molar-refractivity contribution is -0.142. The zero-order chi connectivity index (χ0) is 17.0. The molecule has 0 spiro atoms. The summed E-state index contributed by atoms with van der Waals surface area (Å²) in [6.07, 6.45) is 2.62. The molecular formula is C16H28N2O4S. The lowest BCUT2D eigenvalue weighted by Gasteiger charge is -2.36. The summed E-state index contributed by atoms with van der Waals surface area (Å²) in [6, 6.07) is 0. The summed E-state index contributed by atoms with van der Waals surface area (Å²) in [5.41, 5.74) is 0. The molecule has 0 aliphatic carbocycles. The first kappa shape index (κ1) is 18.2. The molecule has 0 aromatic carbocycles. The van der Waals surface area contributed by atoms with Crippen molar-refractivity contribution in [3.05, 3.63) is 0 Å². The van der Waals surface area contributed by atoms with Gasteiger partial charge >= 0.3 is 0 Å². The lowest BCUT2D eigenvalue weighted by atomic mass is 10.0. The van der Waals surface area contributed by atoms with Gasteiger partial charge in [-0.1, -0.05) is 13.8 Å². The van der Waals surface area contributed by atoms with Crippen LogP contribution < -0.4 is 0 Å². The molecule has 2 aliphatic rings. The fourth-order valence-electron chi connectivity index (χ4n) is 3.48. The summed E-state index contributed by atoms with van der Waals surface area (Å²) in [5.74, 6) is 0.637. The molecule has 0 aromatic rings. The van der Waals surface area contributed by atoms with Gasteiger partial charge in [0, 0.05) is 38.5 Å². The molecule has 23 heavy (non-hydrogen) atoms.